The number of aliphatic hydroxyl groups excluding tert-OH is 16. The van der Waals surface area contributed by atoms with Crippen LogP contribution in [0.5, 0.6) is 0 Å². The molecule has 40 heteroatoms. The van der Waals surface area contributed by atoms with Gasteiger partial charge in [-0.05, 0) is 0 Å². The Morgan fingerprint density at radius 2 is 0.239 bits per heavy atom. The topological polar surface area (TPSA) is 471 Å². The van der Waals surface area contributed by atoms with Crippen molar-refractivity contribution >= 4 is 92.8 Å². The molecule has 21 aliphatic rings. The van der Waals surface area contributed by atoms with Gasteiger partial charge in [-0.15, -0.1) is 92.8 Å². The number of halogens is 8. The number of aliphatic hydroxyl groups is 16. The Kier molecular flexibility index (Phi) is 26.4. The molecule has 0 aromatic rings. The summed E-state index contributed by atoms with van der Waals surface area (Å²) in [6, 6.07) is 0. The average molecular weight is 1440 g/mol. The summed E-state index contributed by atoms with van der Waals surface area (Å²) < 4.78 is 94.3. The van der Waals surface area contributed by atoms with Gasteiger partial charge in [0.05, 0.1) is 47.0 Å². The van der Waals surface area contributed by atoms with Gasteiger partial charge >= 0.3 is 0 Å². The molecule has 32 nitrogen and oxygen atoms in total. The molecule has 21 aliphatic heterocycles. The zero-order chi connectivity index (χ0) is 64.1. The molecule has 0 aromatic carbocycles. The summed E-state index contributed by atoms with van der Waals surface area (Å²) in [4.78, 5) is 0. The summed E-state index contributed by atoms with van der Waals surface area (Å²) in [5.41, 5.74) is 0. The third-order valence-electron chi connectivity index (χ3n) is 16.7. The van der Waals surface area contributed by atoms with Crippen LogP contribution in [0.15, 0.2) is 0 Å². The van der Waals surface area contributed by atoms with Crippen molar-refractivity contribution in [2.24, 2.45) is 0 Å². The summed E-state index contributed by atoms with van der Waals surface area (Å²) in [6.45, 7) is 0. The highest BCUT2D eigenvalue weighted by Crippen LogP contribution is 2.40. The molecular formula is C48H72Cl8O32. The third kappa shape index (κ3) is 14.7. The van der Waals surface area contributed by atoms with Crippen LogP contribution in [0.4, 0.5) is 0 Å². The third-order valence-corrected chi connectivity index (χ3v) is 19.1. The zero-order valence-corrected chi connectivity index (χ0v) is 51.5. The average Bonchev–Trinajstić information content (AvgIpc) is 1.02. The molecule has 21 heterocycles. The fourth-order valence-electron chi connectivity index (χ4n) is 11.7. The second kappa shape index (κ2) is 31.7. The van der Waals surface area contributed by atoms with E-state index in [2.05, 4.69) is 0 Å². The Morgan fingerprint density at radius 1 is 0.148 bits per heavy atom. The van der Waals surface area contributed by atoms with Gasteiger partial charge in [0.25, 0.3) is 0 Å². The molecule has 0 unspecified atom stereocenters. The Labute approximate surface area is 540 Å². The Bertz CT molecular complexity index is 1730. The maximum atomic E-state index is 11.5. The van der Waals surface area contributed by atoms with Crippen LogP contribution in [0.1, 0.15) is 0 Å². The molecule has 0 radical (unpaired) electrons. The number of rotatable bonds is 8. The van der Waals surface area contributed by atoms with Crippen LogP contribution in [-0.2, 0) is 75.8 Å². The van der Waals surface area contributed by atoms with Crippen molar-refractivity contribution in [3.8, 4) is 0 Å². The number of hydrogen-bond acceptors (Lipinski definition) is 32. The smallest absolute Gasteiger partial charge is 0.187 e. The SMILES string of the molecule is O[C@@H]1[C@H]2O[C@H]3[C@@H](O)[C@H](O)[C@@H](O[C@H]4[C@@H](O)[C@H](O)[C@@H](O[C@H]5[C@@H](O)[C@H](O)[C@@H](O[C@H]6[C@@H](O)[C@H](O)[C@@H](O[C@H]7[C@@H](O)[C@H](O)[C@@H](O[C@H]8[C@@H](O)[C@H](O)[C@@H](O[C@H]9[C@@H](O)[C@H](O)[C@@H](O[C@@H]([C@@H]1O)[C@@H](CCl)O2)O[C@@H]9CCl)O[C@@H]8CCl)O[C@@H]7CCl)O[C@@H]6CCl)O[C@@H]5CCl)O[C@@H]4CCl)O[C@@H]3CCl. The first-order chi connectivity index (χ1) is 41.9. The molecule has 21 saturated heterocycles. The molecule has 0 amide bonds. The molecule has 21 fully saturated rings. The van der Waals surface area contributed by atoms with E-state index in [-0.39, 0.29) is 0 Å². The largest absolute Gasteiger partial charge is 0.387 e. The van der Waals surface area contributed by atoms with Gasteiger partial charge in [0.2, 0.25) is 0 Å². The highest BCUT2D eigenvalue weighted by molar-refractivity contribution is 6.19. The minimum atomic E-state index is -2.10. The lowest BCUT2D eigenvalue weighted by molar-refractivity contribution is -0.396. The van der Waals surface area contributed by atoms with Gasteiger partial charge in [0.1, 0.15) is 195 Å². The van der Waals surface area contributed by atoms with E-state index in [1.807, 2.05) is 0 Å². The molecule has 40 atom stereocenters. The monoisotopic (exact) mass is 1440 g/mol. The van der Waals surface area contributed by atoms with Crippen molar-refractivity contribution in [3.05, 3.63) is 0 Å². The summed E-state index contributed by atoms with van der Waals surface area (Å²) in [5.74, 6) is -4.23. The van der Waals surface area contributed by atoms with Gasteiger partial charge in [-0.25, -0.2) is 0 Å². The minimum Gasteiger partial charge on any atom is -0.387 e. The van der Waals surface area contributed by atoms with E-state index in [0.717, 1.165) is 0 Å². The van der Waals surface area contributed by atoms with E-state index in [9.17, 15) is 81.7 Å². The maximum absolute atomic E-state index is 11.5. The maximum Gasteiger partial charge on any atom is 0.187 e. The molecule has 88 heavy (non-hydrogen) atoms. The van der Waals surface area contributed by atoms with Crippen molar-refractivity contribution in [2.45, 2.75) is 246 Å². The molecule has 0 spiro atoms. The Morgan fingerprint density at radius 3 is 0.318 bits per heavy atom. The standard InChI is InChI=1S/C48H72Cl8O32/c49-1-9-33-17(57)25(65)41(73-9)82-34-10(2-50)75-43(27(67)19(34)59)84-36-12(4-52)77-45(29(69)21(36)61)86-38-14(6-54)79-47(31(71)23(38)63)88-40-16(8-56)80-48(32(72)24(40)64)87-39-15(7-55)78-46(30(70)22(39)62)85-37-13(5-53)76-44(28(68)20(37)60)83-35-11(3-51)74-42(81-33)26(66)18(35)58/h9-48,57-72H,1-8H2/t9-,10-,11-,12-,13-,14-,15-,16-,17-,18+,19+,20+,21+,22+,23+,24+,25+,26+,27+,28+,29+,30+,31+,32+,33-,34-,35-,36-,37-,38-,39-,40-,41-,42-,43-,44-,45-,46-,47-,48-/m1/s1. The van der Waals surface area contributed by atoms with Crippen LogP contribution in [-0.4, -0.2) is 374 Å². The van der Waals surface area contributed by atoms with Crippen LogP contribution in [0.25, 0.3) is 0 Å². The van der Waals surface area contributed by atoms with Crippen LogP contribution in [0.2, 0.25) is 0 Å². The van der Waals surface area contributed by atoms with E-state index in [1.165, 1.54) is 0 Å². The van der Waals surface area contributed by atoms with Crippen molar-refractivity contribution in [3.63, 3.8) is 0 Å². The lowest BCUT2D eigenvalue weighted by Crippen LogP contribution is -2.68. The summed E-state index contributed by atoms with van der Waals surface area (Å²) in [6.07, 6.45) is -73.7. The lowest BCUT2D eigenvalue weighted by Gasteiger charge is -2.50. The zero-order valence-electron chi connectivity index (χ0n) is 45.5. The molecule has 21 rings (SSSR count). The summed E-state index contributed by atoms with van der Waals surface area (Å²) in [5, 5.41) is 184. The van der Waals surface area contributed by atoms with Gasteiger partial charge in [-0.3, -0.25) is 0 Å². The minimum absolute atomic E-state index is 0.528. The normalized spacial score (nSPS) is 55.4. The van der Waals surface area contributed by atoms with Crippen LogP contribution in [0.3, 0.4) is 0 Å². The summed E-state index contributed by atoms with van der Waals surface area (Å²) in [7, 11) is 0. The van der Waals surface area contributed by atoms with E-state index in [1.54, 1.807) is 0 Å². The van der Waals surface area contributed by atoms with Gasteiger partial charge in [0, 0.05) is 0 Å². The van der Waals surface area contributed by atoms with Gasteiger partial charge in [-0.1, -0.05) is 0 Å². The fraction of sp³-hybridized carbons (Fsp3) is 1.00. The van der Waals surface area contributed by atoms with E-state index < -0.39 is 293 Å². The predicted molar refractivity (Wildman–Crippen MR) is 290 cm³/mol. The van der Waals surface area contributed by atoms with Crippen LogP contribution < -0.4 is 0 Å². The van der Waals surface area contributed by atoms with Crippen molar-refractivity contribution < 1.29 is 157 Å². The number of hydrogen-bond donors (Lipinski definition) is 16. The van der Waals surface area contributed by atoms with Crippen molar-refractivity contribution in [2.75, 3.05) is 47.0 Å². The quantitative estimate of drug-likeness (QED) is 0.100. The number of ether oxygens (including phenoxy) is 16. The van der Waals surface area contributed by atoms with Gasteiger partial charge in [0.15, 0.2) is 50.3 Å². The van der Waals surface area contributed by atoms with Crippen molar-refractivity contribution in [1.29, 1.82) is 0 Å². The molecule has 0 aromatic heterocycles. The second-order valence-corrected chi connectivity index (χ2v) is 24.7. The lowest BCUT2D eigenvalue weighted by atomic mass is 9.95. The molecule has 16 N–H and O–H groups in total. The Balaban J connectivity index is 0.975. The first-order valence-electron chi connectivity index (χ1n) is 27.7. The fourth-order valence-corrected chi connectivity index (χ4v) is 13.7. The van der Waals surface area contributed by atoms with Gasteiger partial charge in [-0.2, -0.15) is 0 Å². The Hall–Kier alpha value is 1.04. The van der Waals surface area contributed by atoms with E-state index >= 15 is 0 Å². The highest BCUT2D eigenvalue weighted by atomic mass is 35.5. The molecular weight excluding hydrogens is 1370 g/mol. The van der Waals surface area contributed by atoms with Crippen molar-refractivity contribution in [1.82, 2.24) is 0 Å². The molecule has 16 bridgehead atoms. The first kappa shape index (κ1) is 73.3. The first-order valence-corrected chi connectivity index (χ1v) is 32.0. The predicted octanol–water partition coefficient (Wildman–Crippen LogP) is -7.43. The van der Waals surface area contributed by atoms with Crippen LogP contribution in [0, 0.1) is 0 Å². The highest BCUT2D eigenvalue weighted by Gasteiger charge is 2.60. The second-order valence-electron chi connectivity index (χ2n) is 22.2. The molecule has 0 aliphatic carbocycles. The van der Waals surface area contributed by atoms with E-state index in [0.29, 0.717) is 0 Å². The molecule has 0 saturated carbocycles. The number of alkyl halides is 8. The van der Waals surface area contributed by atoms with Gasteiger partial charge < -0.3 is 157 Å². The summed E-state index contributed by atoms with van der Waals surface area (Å²) >= 11 is 50.2. The van der Waals surface area contributed by atoms with Crippen LogP contribution >= 0.6 is 92.8 Å². The van der Waals surface area contributed by atoms with E-state index in [4.69, 9.17) is 169 Å². The molecule has 512 valence electrons.